The molecule has 33 heavy (non-hydrogen) atoms. The fraction of sp³-hybridized carbons (Fsp3) is 0.318. The van der Waals surface area contributed by atoms with Crippen LogP contribution >= 0.6 is 22.9 Å². The second-order valence-electron chi connectivity index (χ2n) is 6.66. The molecular formula is C22H31ClN8OS. The Hall–Kier alpha value is -3.08. The number of benzene rings is 1. The predicted octanol–water partition coefficient (Wildman–Crippen LogP) is 4.41. The van der Waals surface area contributed by atoms with Crippen molar-refractivity contribution in [3.63, 3.8) is 0 Å². The van der Waals surface area contributed by atoms with Crippen LogP contribution in [-0.4, -0.2) is 68.9 Å². The van der Waals surface area contributed by atoms with E-state index in [0.717, 1.165) is 23.5 Å². The third-order valence-corrected chi connectivity index (χ3v) is 5.12. The number of thiazole rings is 1. The van der Waals surface area contributed by atoms with Gasteiger partial charge in [0.2, 0.25) is 0 Å². The first-order valence-corrected chi connectivity index (χ1v) is 11.3. The molecule has 9 nitrogen and oxygen atoms in total. The molecule has 1 unspecified atom stereocenters. The molecule has 0 radical (unpaired) electrons. The number of nitrogens with zero attached hydrogens (tertiary/aromatic N) is 5. The monoisotopic (exact) mass is 490 g/mol. The van der Waals surface area contributed by atoms with Crippen LogP contribution in [-0.2, 0) is 6.42 Å². The van der Waals surface area contributed by atoms with Crippen LogP contribution in [0.5, 0.6) is 0 Å². The molecule has 2 amide bonds. The van der Waals surface area contributed by atoms with Gasteiger partial charge in [-0.1, -0.05) is 24.2 Å². The topological polar surface area (TPSA) is 106 Å². The van der Waals surface area contributed by atoms with Gasteiger partial charge in [0, 0.05) is 48.3 Å². The Morgan fingerprint density at radius 2 is 2.15 bits per heavy atom. The predicted molar refractivity (Wildman–Crippen MR) is 143 cm³/mol. The summed E-state index contributed by atoms with van der Waals surface area (Å²) in [5.41, 5.74) is 1.37. The van der Waals surface area contributed by atoms with Crippen LogP contribution in [0.4, 0.5) is 15.6 Å². The minimum absolute atomic E-state index is 0.0221. The number of anilines is 2. The molecule has 1 heterocycles. The second-order valence-corrected chi connectivity index (χ2v) is 8.22. The molecule has 0 aliphatic carbocycles. The lowest BCUT2D eigenvalue weighted by Gasteiger charge is -2.11. The highest BCUT2D eigenvalue weighted by Crippen LogP contribution is 2.19. The summed E-state index contributed by atoms with van der Waals surface area (Å²) in [5.74, 6) is 0. The first-order chi connectivity index (χ1) is 15.8. The standard InChI is InChI=1S/C13H15ClN4OS.C9H16N4/c1-15-6-5-11-8-16-13(20-11)18-12(19)17-10-4-2-3-9(14)7-10;1-8(11-4)6-12-13(5)9(2)7-10-3/h2-4,7-8,15H,5-6H2,1H3,(H2,16,17,18,19);6-8H,2,4H2,1,3,5H3/b;10-7?,12-6-. The van der Waals surface area contributed by atoms with Gasteiger partial charge in [0.25, 0.3) is 0 Å². The molecule has 11 heteroatoms. The van der Waals surface area contributed by atoms with Crippen molar-refractivity contribution < 1.29 is 4.79 Å². The maximum absolute atomic E-state index is 11.8. The van der Waals surface area contributed by atoms with Gasteiger partial charge in [-0.05, 0) is 51.9 Å². The number of carbonyl (C=O) groups is 1. The number of hydrogen-bond acceptors (Lipinski definition) is 8. The van der Waals surface area contributed by atoms with E-state index in [2.05, 4.69) is 49.3 Å². The number of aliphatic imine (C=N–C) groups is 2. The van der Waals surface area contributed by atoms with Crippen molar-refractivity contribution >= 4 is 58.9 Å². The van der Waals surface area contributed by atoms with Crippen LogP contribution in [0.15, 0.2) is 57.8 Å². The van der Waals surface area contributed by atoms with Crippen molar-refractivity contribution in [2.75, 3.05) is 38.3 Å². The Morgan fingerprint density at radius 1 is 1.39 bits per heavy atom. The van der Waals surface area contributed by atoms with Crippen LogP contribution in [0.2, 0.25) is 5.02 Å². The Morgan fingerprint density at radius 3 is 2.79 bits per heavy atom. The summed E-state index contributed by atoms with van der Waals surface area (Å²) in [7, 11) is 5.39. The van der Waals surface area contributed by atoms with Crippen molar-refractivity contribution in [3.8, 4) is 0 Å². The SMILES string of the molecule is C=NC(C)/C=N\N(C)C(=C)C=NC.CNCCc1cnc(NC(=O)Nc2cccc(Cl)c2)s1. The smallest absolute Gasteiger partial charge is 0.319 e. The van der Waals surface area contributed by atoms with Gasteiger partial charge in [-0.15, -0.1) is 11.3 Å². The van der Waals surface area contributed by atoms with Gasteiger partial charge in [-0.2, -0.15) is 5.10 Å². The molecule has 0 spiro atoms. The van der Waals surface area contributed by atoms with E-state index in [1.807, 2.05) is 14.0 Å². The Bertz CT molecular complexity index is 959. The Balaban J connectivity index is 0.000000366. The van der Waals surface area contributed by atoms with Crippen molar-refractivity contribution in [1.82, 2.24) is 15.3 Å². The molecule has 0 fully saturated rings. The third kappa shape index (κ3) is 11.9. The number of allylic oxidation sites excluding steroid dienone is 1. The van der Waals surface area contributed by atoms with E-state index in [4.69, 9.17) is 11.6 Å². The van der Waals surface area contributed by atoms with Crippen LogP contribution < -0.4 is 16.0 Å². The molecule has 0 bridgehead atoms. The van der Waals surface area contributed by atoms with Crippen LogP contribution in [0.1, 0.15) is 11.8 Å². The van der Waals surface area contributed by atoms with Gasteiger partial charge in [-0.25, -0.2) is 9.78 Å². The molecule has 0 aliphatic heterocycles. The van der Waals surface area contributed by atoms with Crippen molar-refractivity contribution in [3.05, 3.63) is 52.6 Å². The number of urea groups is 1. The lowest BCUT2D eigenvalue weighted by molar-refractivity contribution is 0.262. The molecule has 1 atom stereocenters. The largest absolute Gasteiger partial charge is 0.325 e. The molecular weight excluding hydrogens is 460 g/mol. The number of carbonyl (C=O) groups excluding carboxylic acids is 1. The molecule has 178 valence electrons. The number of hydrazone groups is 1. The highest BCUT2D eigenvalue weighted by molar-refractivity contribution is 7.15. The fourth-order valence-corrected chi connectivity index (χ4v) is 3.10. The maximum Gasteiger partial charge on any atom is 0.325 e. The maximum atomic E-state index is 11.8. The van der Waals surface area contributed by atoms with Gasteiger partial charge in [0.05, 0.1) is 11.7 Å². The molecule has 0 saturated carbocycles. The van der Waals surface area contributed by atoms with Crippen molar-refractivity contribution in [2.45, 2.75) is 19.4 Å². The average Bonchev–Trinajstić information content (AvgIpc) is 3.23. The van der Waals surface area contributed by atoms with E-state index < -0.39 is 0 Å². The normalized spacial score (nSPS) is 11.5. The number of hydrogen-bond donors (Lipinski definition) is 3. The van der Waals surface area contributed by atoms with Crippen molar-refractivity contribution in [1.29, 1.82) is 0 Å². The summed E-state index contributed by atoms with van der Waals surface area (Å²) < 4.78 is 0. The summed E-state index contributed by atoms with van der Waals surface area (Å²) in [5, 5.41) is 15.4. The summed E-state index contributed by atoms with van der Waals surface area (Å²) in [6, 6.07) is 6.67. The zero-order chi connectivity index (χ0) is 24.6. The molecule has 2 aromatic rings. The molecule has 3 N–H and O–H groups in total. The van der Waals surface area contributed by atoms with Crippen LogP contribution in [0.3, 0.4) is 0 Å². The van der Waals surface area contributed by atoms with E-state index >= 15 is 0 Å². The zero-order valence-corrected chi connectivity index (χ0v) is 21.0. The zero-order valence-electron chi connectivity index (χ0n) is 19.4. The van der Waals surface area contributed by atoms with E-state index in [1.165, 1.54) is 11.3 Å². The lowest BCUT2D eigenvalue weighted by Crippen LogP contribution is -2.19. The minimum atomic E-state index is -0.332. The molecule has 0 aliphatic rings. The number of likely N-dealkylation sites (N-methyl/N-ethyl adjacent to an activating group) is 1. The highest BCUT2D eigenvalue weighted by Gasteiger charge is 2.07. The number of amides is 2. The van der Waals surface area contributed by atoms with E-state index in [0.29, 0.717) is 15.8 Å². The van der Waals surface area contributed by atoms with Gasteiger partial charge >= 0.3 is 6.03 Å². The average molecular weight is 491 g/mol. The van der Waals surface area contributed by atoms with Gasteiger partial charge in [-0.3, -0.25) is 20.3 Å². The fourth-order valence-electron chi connectivity index (χ4n) is 2.11. The molecule has 0 saturated heterocycles. The molecule has 1 aromatic carbocycles. The highest BCUT2D eigenvalue weighted by atomic mass is 35.5. The Labute approximate surface area is 204 Å². The summed E-state index contributed by atoms with van der Waals surface area (Å²) in [4.78, 5) is 24.7. The molecule has 1 aromatic heterocycles. The van der Waals surface area contributed by atoms with E-state index in [1.54, 1.807) is 62.0 Å². The number of aromatic nitrogens is 1. The lowest BCUT2D eigenvalue weighted by atomic mass is 10.3. The quantitative estimate of drug-likeness (QED) is 0.338. The van der Waals surface area contributed by atoms with E-state index in [9.17, 15) is 4.79 Å². The molecule has 2 rings (SSSR count). The Kier molecular flexibility index (Phi) is 13.3. The number of rotatable bonds is 10. The minimum Gasteiger partial charge on any atom is -0.319 e. The van der Waals surface area contributed by atoms with Gasteiger partial charge in [0.1, 0.15) is 0 Å². The van der Waals surface area contributed by atoms with Crippen molar-refractivity contribution in [2.24, 2.45) is 15.1 Å². The second kappa shape index (κ2) is 15.7. The summed E-state index contributed by atoms with van der Waals surface area (Å²) in [6.07, 6.45) is 6.01. The first-order valence-electron chi connectivity index (χ1n) is 10.1. The van der Waals surface area contributed by atoms with Crippen LogP contribution in [0, 0.1) is 0 Å². The summed E-state index contributed by atoms with van der Waals surface area (Å²) >= 11 is 7.32. The number of halogens is 1. The van der Waals surface area contributed by atoms with E-state index in [-0.39, 0.29) is 12.1 Å². The van der Waals surface area contributed by atoms with Gasteiger partial charge in [0.15, 0.2) is 5.13 Å². The number of nitrogens with one attached hydrogen (secondary N) is 3. The third-order valence-electron chi connectivity index (χ3n) is 3.92. The first kappa shape index (κ1) is 28.0. The van der Waals surface area contributed by atoms with Crippen LogP contribution in [0.25, 0.3) is 0 Å². The summed E-state index contributed by atoms with van der Waals surface area (Å²) in [6.45, 7) is 9.97. The van der Waals surface area contributed by atoms with Gasteiger partial charge < -0.3 is 10.6 Å².